The average molecular weight is 349 g/mol. The Hall–Kier alpha value is -2.64. The van der Waals surface area contributed by atoms with Crippen molar-refractivity contribution in [3.8, 4) is 0 Å². The molecule has 132 valence electrons. The van der Waals surface area contributed by atoms with Crippen LogP contribution < -0.4 is 5.32 Å². The second-order valence-corrected chi connectivity index (χ2v) is 6.19. The van der Waals surface area contributed by atoms with Gasteiger partial charge in [-0.1, -0.05) is 23.8 Å². The topological polar surface area (TPSA) is 55.1 Å². The van der Waals surface area contributed by atoms with Gasteiger partial charge in [-0.3, -0.25) is 0 Å². The number of halogens is 3. The highest BCUT2D eigenvalue weighted by Gasteiger charge is 2.37. The van der Waals surface area contributed by atoms with E-state index in [1.807, 2.05) is 26.8 Å². The number of aromatic nitrogens is 4. The van der Waals surface area contributed by atoms with Crippen LogP contribution in [0.25, 0.3) is 5.65 Å². The monoisotopic (exact) mass is 349 g/mol. The SMILES string of the molecule is Cc1ccc(CC(C)Nc2ccc3nnc(C(F)(F)F)n3n2)c(C)c1. The zero-order valence-electron chi connectivity index (χ0n) is 14.1. The molecule has 8 heteroatoms. The van der Waals surface area contributed by atoms with Crippen LogP contribution in [0.3, 0.4) is 0 Å². The average Bonchev–Trinajstić information content (AvgIpc) is 2.93. The Bertz CT molecular complexity index is 901. The lowest BCUT2D eigenvalue weighted by molar-refractivity contribution is -0.146. The summed E-state index contributed by atoms with van der Waals surface area (Å²) in [5.41, 5.74) is 3.63. The van der Waals surface area contributed by atoms with E-state index in [1.54, 1.807) is 6.07 Å². The van der Waals surface area contributed by atoms with Crippen LogP contribution in [0.4, 0.5) is 19.0 Å². The van der Waals surface area contributed by atoms with E-state index >= 15 is 0 Å². The molecule has 25 heavy (non-hydrogen) atoms. The molecule has 0 aliphatic carbocycles. The standard InChI is InChI=1S/C17H18F3N5/c1-10-4-5-13(11(2)8-10)9-12(3)21-14-6-7-15-22-23-16(17(18,19)20)25(15)24-14/h4-8,12H,9H2,1-3H3,(H,21,24). The number of hydrogen-bond donors (Lipinski definition) is 1. The van der Waals surface area contributed by atoms with Gasteiger partial charge in [-0.25, -0.2) is 0 Å². The molecule has 5 nitrogen and oxygen atoms in total. The molecule has 3 aromatic rings. The summed E-state index contributed by atoms with van der Waals surface area (Å²) in [5, 5.41) is 13.8. The van der Waals surface area contributed by atoms with Crippen LogP contribution in [-0.4, -0.2) is 25.9 Å². The van der Waals surface area contributed by atoms with E-state index < -0.39 is 12.0 Å². The van der Waals surface area contributed by atoms with E-state index in [9.17, 15) is 13.2 Å². The fourth-order valence-corrected chi connectivity index (χ4v) is 2.75. The summed E-state index contributed by atoms with van der Waals surface area (Å²) in [6.45, 7) is 6.04. The van der Waals surface area contributed by atoms with Gasteiger partial charge in [0.2, 0.25) is 0 Å². The Kier molecular flexibility index (Phi) is 4.36. The zero-order valence-corrected chi connectivity index (χ0v) is 14.1. The molecule has 2 heterocycles. The van der Waals surface area contributed by atoms with Crippen LogP contribution in [0.15, 0.2) is 30.3 Å². The molecule has 1 N–H and O–H groups in total. The van der Waals surface area contributed by atoms with Gasteiger partial charge in [-0.05, 0) is 50.5 Å². The summed E-state index contributed by atoms with van der Waals surface area (Å²) in [7, 11) is 0. The van der Waals surface area contributed by atoms with Gasteiger partial charge in [0.15, 0.2) is 5.65 Å². The van der Waals surface area contributed by atoms with Gasteiger partial charge in [-0.2, -0.15) is 17.7 Å². The van der Waals surface area contributed by atoms with E-state index in [0.29, 0.717) is 10.3 Å². The lowest BCUT2D eigenvalue weighted by Gasteiger charge is -2.16. The highest BCUT2D eigenvalue weighted by atomic mass is 19.4. The maximum atomic E-state index is 12.9. The Morgan fingerprint density at radius 2 is 1.88 bits per heavy atom. The lowest BCUT2D eigenvalue weighted by atomic mass is 10.00. The van der Waals surface area contributed by atoms with Gasteiger partial charge in [0.1, 0.15) is 5.82 Å². The van der Waals surface area contributed by atoms with Gasteiger partial charge in [0.25, 0.3) is 5.82 Å². The Morgan fingerprint density at radius 1 is 1.12 bits per heavy atom. The molecule has 0 amide bonds. The van der Waals surface area contributed by atoms with Gasteiger partial charge in [0, 0.05) is 6.04 Å². The maximum absolute atomic E-state index is 12.9. The minimum Gasteiger partial charge on any atom is -0.366 e. The summed E-state index contributed by atoms with van der Waals surface area (Å²) in [6, 6.07) is 9.29. The van der Waals surface area contributed by atoms with E-state index in [4.69, 9.17) is 0 Å². The van der Waals surface area contributed by atoms with E-state index in [0.717, 1.165) is 6.42 Å². The second-order valence-electron chi connectivity index (χ2n) is 6.19. The quantitative estimate of drug-likeness (QED) is 0.778. The lowest BCUT2D eigenvalue weighted by Crippen LogP contribution is -2.20. The Balaban J connectivity index is 1.80. The third-order valence-corrected chi connectivity index (χ3v) is 3.93. The van der Waals surface area contributed by atoms with E-state index in [1.165, 1.54) is 22.8 Å². The van der Waals surface area contributed by atoms with Crippen molar-refractivity contribution in [2.24, 2.45) is 0 Å². The maximum Gasteiger partial charge on any atom is 0.453 e. The van der Waals surface area contributed by atoms with Gasteiger partial charge >= 0.3 is 6.18 Å². The molecule has 3 rings (SSSR count). The highest BCUT2D eigenvalue weighted by Crippen LogP contribution is 2.27. The van der Waals surface area contributed by atoms with Crippen molar-refractivity contribution in [1.82, 2.24) is 19.8 Å². The first-order valence-corrected chi connectivity index (χ1v) is 7.86. The number of aryl methyl sites for hydroxylation is 2. The first kappa shape index (κ1) is 17.2. The van der Waals surface area contributed by atoms with Crippen molar-refractivity contribution in [2.45, 2.75) is 39.4 Å². The van der Waals surface area contributed by atoms with Crippen LogP contribution in [0, 0.1) is 13.8 Å². The second kappa shape index (κ2) is 6.34. The summed E-state index contributed by atoms with van der Waals surface area (Å²) in [4.78, 5) is 0. The predicted octanol–water partition coefficient (Wildman–Crippen LogP) is 3.80. The number of hydrogen-bond acceptors (Lipinski definition) is 4. The highest BCUT2D eigenvalue weighted by molar-refractivity contribution is 5.45. The van der Waals surface area contributed by atoms with Gasteiger partial charge in [-0.15, -0.1) is 15.3 Å². The van der Waals surface area contributed by atoms with Crippen molar-refractivity contribution >= 4 is 11.5 Å². The molecule has 2 aromatic heterocycles. The summed E-state index contributed by atoms with van der Waals surface area (Å²) in [6.07, 6.45) is -3.87. The first-order chi connectivity index (χ1) is 11.7. The number of alkyl halides is 3. The molecule has 0 radical (unpaired) electrons. The van der Waals surface area contributed by atoms with Crippen LogP contribution >= 0.6 is 0 Å². The number of rotatable bonds is 4. The zero-order chi connectivity index (χ0) is 18.2. The predicted molar refractivity (Wildman–Crippen MR) is 88.5 cm³/mol. The molecular weight excluding hydrogens is 331 g/mol. The molecule has 0 saturated heterocycles. The molecule has 1 aromatic carbocycles. The third kappa shape index (κ3) is 3.72. The van der Waals surface area contributed by atoms with E-state index in [2.05, 4.69) is 32.7 Å². The normalized spacial score (nSPS) is 13.2. The number of benzene rings is 1. The van der Waals surface area contributed by atoms with Crippen molar-refractivity contribution in [2.75, 3.05) is 5.32 Å². The summed E-state index contributed by atoms with van der Waals surface area (Å²) >= 11 is 0. The van der Waals surface area contributed by atoms with Gasteiger partial charge < -0.3 is 5.32 Å². The molecule has 1 atom stereocenters. The molecular formula is C17H18F3N5. The van der Waals surface area contributed by atoms with Crippen molar-refractivity contribution in [1.29, 1.82) is 0 Å². The number of nitrogens with zero attached hydrogens (tertiary/aromatic N) is 4. The van der Waals surface area contributed by atoms with Crippen molar-refractivity contribution in [3.63, 3.8) is 0 Å². The molecule has 0 saturated carbocycles. The van der Waals surface area contributed by atoms with E-state index in [-0.39, 0.29) is 11.7 Å². The minimum atomic E-state index is -4.60. The smallest absolute Gasteiger partial charge is 0.366 e. The van der Waals surface area contributed by atoms with Crippen molar-refractivity contribution in [3.05, 3.63) is 52.8 Å². The molecule has 0 bridgehead atoms. The Morgan fingerprint density at radius 3 is 2.56 bits per heavy atom. The molecule has 0 fully saturated rings. The molecule has 0 aliphatic rings. The number of fused-ring (bicyclic) bond motifs is 1. The van der Waals surface area contributed by atoms with Gasteiger partial charge in [0.05, 0.1) is 0 Å². The van der Waals surface area contributed by atoms with Crippen LogP contribution in [0.2, 0.25) is 0 Å². The van der Waals surface area contributed by atoms with Crippen LogP contribution in [0.5, 0.6) is 0 Å². The fraction of sp³-hybridized carbons (Fsp3) is 0.353. The fourth-order valence-electron chi connectivity index (χ4n) is 2.75. The largest absolute Gasteiger partial charge is 0.453 e. The molecule has 0 spiro atoms. The summed E-state index contributed by atoms with van der Waals surface area (Å²) < 4.78 is 39.5. The first-order valence-electron chi connectivity index (χ1n) is 7.86. The summed E-state index contributed by atoms with van der Waals surface area (Å²) in [5.74, 6) is -0.789. The number of anilines is 1. The third-order valence-electron chi connectivity index (χ3n) is 3.93. The van der Waals surface area contributed by atoms with Crippen molar-refractivity contribution < 1.29 is 13.2 Å². The van der Waals surface area contributed by atoms with Crippen LogP contribution in [-0.2, 0) is 12.6 Å². The van der Waals surface area contributed by atoms with Crippen LogP contribution in [0.1, 0.15) is 29.4 Å². The molecule has 0 aliphatic heterocycles. The minimum absolute atomic E-state index is 0.00262. The number of nitrogens with one attached hydrogen (secondary N) is 1. The Labute approximate surface area is 142 Å². The molecule has 1 unspecified atom stereocenters.